The lowest BCUT2D eigenvalue weighted by molar-refractivity contribution is -0.119. The van der Waals surface area contributed by atoms with E-state index in [1.165, 1.54) is 13.2 Å². The molecule has 1 heterocycles. The third kappa shape index (κ3) is 5.90. The molecule has 0 atom stereocenters. The molecule has 36 heavy (non-hydrogen) atoms. The van der Waals surface area contributed by atoms with Gasteiger partial charge in [-0.05, 0) is 66.9 Å². The molecule has 0 saturated carbocycles. The van der Waals surface area contributed by atoms with Gasteiger partial charge in [-0.2, -0.15) is 0 Å². The summed E-state index contributed by atoms with van der Waals surface area (Å²) in [5.74, 6) is -0.0233. The number of hydrogen-bond acceptors (Lipinski definition) is 7. The van der Waals surface area contributed by atoms with Crippen LogP contribution >= 0.6 is 0 Å². The lowest BCUT2D eigenvalue weighted by Crippen LogP contribution is -2.21. The molecule has 1 N–H and O–H groups in total. The number of carbonyl (C=O) groups excluding carboxylic acids is 2. The van der Waals surface area contributed by atoms with Crippen LogP contribution in [0.25, 0.3) is 11.0 Å². The standard InChI is InChI=1S/C28H25NO7/c1-17-4-11-24(33-3)23(12-17)29-26(30)16-35-28(32)20-7-5-19(6-8-20)15-34-21-9-10-22-18(2)13-27(31)36-25(22)14-21/h4-14H,15-16H2,1-3H3,(H,29,30). The fraction of sp³-hybridized carbons (Fsp3) is 0.179. The van der Waals surface area contributed by atoms with Gasteiger partial charge in [-0.1, -0.05) is 18.2 Å². The molecule has 0 aliphatic heterocycles. The van der Waals surface area contributed by atoms with Crippen LogP contribution in [0.15, 0.2) is 75.9 Å². The van der Waals surface area contributed by atoms with Gasteiger partial charge in [-0.3, -0.25) is 4.79 Å². The predicted octanol–water partition coefficient (Wildman–Crippen LogP) is 4.79. The summed E-state index contributed by atoms with van der Waals surface area (Å²) in [6.45, 7) is 3.56. The van der Waals surface area contributed by atoms with E-state index in [1.807, 2.05) is 26.0 Å². The zero-order valence-corrected chi connectivity index (χ0v) is 20.1. The first kappa shape index (κ1) is 24.5. The summed E-state index contributed by atoms with van der Waals surface area (Å²) in [4.78, 5) is 36.2. The van der Waals surface area contributed by atoms with Crippen LogP contribution in [0.5, 0.6) is 11.5 Å². The van der Waals surface area contributed by atoms with Crippen LogP contribution in [-0.4, -0.2) is 25.6 Å². The van der Waals surface area contributed by atoms with E-state index < -0.39 is 24.1 Å². The van der Waals surface area contributed by atoms with Crippen molar-refractivity contribution in [2.45, 2.75) is 20.5 Å². The van der Waals surface area contributed by atoms with Gasteiger partial charge in [0.1, 0.15) is 23.7 Å². The van der Waals surface area contributed by atoms with Crippen LogP contribution in [-0.2, 0) is 16.1 Å². The van der Waals surface area contributed by atoms with Crippen LogP contribution in [0, 0.1) is 13.8 Å². The molecule has 0 bridgehead atoms. The number of aryl methyl sites for hydroxylation is 2. The van der Waals surface area contributed by atoms with Crippen molar-refractivity contribution in [3.63, 3.8) is 0 Å². The molecular formula is C28H25NO7. The SMILES string of the molecule is COc1ccc(C)cc1NC(=O)COC(=O)c1ccc(COc2ccc3c(C)cc(=O)oc3c2)cc1. The molecule has 0 spiro atoms. The van der Waals surface area contributed by atoms with Gasteiger partial charge in [0.15, 0.2) is 6.61 Å². The summed E-state index contributed by atoms with van der Waals surface area (Å²) in [6.07, 6.45) is 0. The van der Waals surface area contributed by atoms with E-state index in [0.717, 1.165) is 22.1 Å². The van der Waals surface area contributed by atoms with Gasteiger partial charge >= 0.3 is 11.6 Å². The topological polar surface area (TPSA) is 104 Å². The molecule has 0 fully saturated rings. The molecular weight excluding hydrogens is 462 g/mol. The Morgan fingerprint density at radius 2 is 1.72 bits per heavy atom. The molecule has 8 heteroatoms. The van der Waals surface area contributed by atoms with Crippen LogP contribution in [0.4, 0.5) is 5.69 Å². The maximum atomic E-state index is 12.4. The van der Waals surface area contributed by atoms with Gasteiger partial charge in [-0.25, -0.2) is 9.59 Å². The Balaban J connectivity index is 1.31. The van der Waals surface area contributed by atoms with Crippen LogP contribution in [0.2, 0.25) is 0 Å². The normalized spacial score (nSPS) is 10.6. The summed E-state index contributed by atoms with van der Waals surface area (Å²) >= 11 is 0. The fourth-order valence-electron chi connectivity index (χ4n) is 3.62. The van der Waals surface area contributed by atoms with Gasteiger partial charge in [-0.15, -0.1) is 0 Å². The van der Waals surface area contributed by atoms with E-state index in [2.05, 4.69) is 5.32 Å². The van der Waals surface area contributed by atoms with E-state index in [9.17, 15) is 14.4 Å². The van der Waals surface area contributed by atoms with Gasteiger partial charge in [0, 0.05) is 17.5 Å². The van der Waals surface area contributed by atoms with Crippen LogP contribution in [0.3, 0.4) is 0 Å². The molecule has 0 unspecified atom stereocenters. The van der Waals surface area contributed by atoms with Crippen LogP contribution < -0.4 is 20.4 Å². The molecule has 4 aromatic rings. The first-order valence-electron chi connectivity index (χ1n) is 11.2. The number of benzene rings is 3. The van der Waals surface area contributed by atoms with Crippen molar-refractivity contribution < 1.29 is 28.2 Å². The minimum atomic E-state index is -0.617. The van der Waals surface area contributed by atoms with Crippen molar-refractivity contribution in [1.82, 2.24) is 0 Å². The maximum Gasteiger partial charge on any atom is 0.338 e. The number of methoxy groups -OCH3 is 1. The molecule has 0 aliphatic rings. The van der Waals surface area contributed by atoms with E-state index in [4.69, 9.17) is 18.6 Å². The Hall–Kier alpha value is -4.59. The summed E-state index contributed by atoms with van der Waals surface area (Å²) in [5.41, 5.74) is 3.47. The number of amides is 1. The van der Waals surface area contributed by atoms with E-state index in [-0.39, 0.29) is 6.61 Å². The first-order valence-corrected chi connectivity index (χ1v) is 11.2. The number of ether oxygens (including phenoxy) is 3. The van der Waals surface area contributed by atoms with Gasteiger partial charge < -0.3 is 23.9 Å². The van der Waals surface area contributed by atoms with Crippen LogP contribution in [0.1, 0.15) is 27.0 Å². The van der Waals surface area contributed by atoms with Gasteiger partial charge in [0.2, 0.25) is 0 Å². The molecule has 8 nitrogen and oxygen atoms in total. The number of anilines is 1. The number of fused-ring (bicyclic) bond motifs is 1. The number of hydrogen-bond donors (Lipinski definition) is 1. The van der Waals surface area contributed by atoms with Crippen molar-refractivity contribution in [3.8, 4) is 11.5 Å². The summed E-state index contributed by atoms with van der Waals surface area (Å²) in [7, 11) is 1.51. The van der Waals surface area contributed by atoms with Crippen molar-refractivity contribution in [3.05, 3.63) is 99.4 Å². The van der Waals surface area contributed by atoms with Crippen molar-refractivity contribution in [2.24, 2.45) is 0 Å². The highest BCUT2D eigenvalue weighted by Crippen LogP contribution is 2.25. The number of esters is 1. The van der Waals surface area contributed by atoms with Gasteiger partial charge in [0.05, 0.1) is 18.4 Å². The summed E-state index contributed by atoms with van der Waals surface area (Å²) < 4.78 is 21.4. The Kier molecular flexibility index (Phi) is 7.34. The first-order chi connectivity index (χ1) is 17.3. The average molecular weight is 488 g/mol. The zero-order valence-electron chi connectivity index (χ0n) is 20.1. The largest absolute Gasteiger partial charge is 0.495 e. The Labute approximate surface area is 207 Å². The molecule has 1 aromatic heterocycles. The molecule has 0 saturated heterocycles. The Bertz CT molecular complexity index is 1470. The van der Waals surface area contributed by atoms with E-state index in [1.54, 1.807) is 48.5 Å². The van der Waals surface area contributed by atoms with E-state index in [0.29, 0.717) is 28.3 Å². The minimum absolute atomic E-state index is 0.248. The molecule has 0 aliphatic carbocycles. The second-order valence-corrected chi connectivity index (χ2v) is 8.22. The third-order valence-corrected chi connectivity index (χ3v) is 5.48. The quantitative estimate of drug-likeness (QED) is 0.281. The second-order valence-electron chi connectivity index (χ2n) is 8.22. The highest BCUT2D eigenvalue weighted by atomic mass is 16.5. The zero-order chi connectivity index (χ0) is 25.7. The lowest BCUT2D eigenvalue weighted by Gasteiger charge is -2.11. The predicted molar refractivity (Wildman–Crippen MR) is 135 cm³/mol. The monoisotopic (exact) mass is 487 g/mol. The maximum absolute atomic E-state index is 12.4. The average Bonchev–Trinajstić information content (AvgIpc) is 2.86. The third-order valence-electron chi connectivity index (χ3n) is 5.48. The number of nitrogens with one attached hydrogen (secondary N) is 1. The Morgan fingerprint density at radius 3 is 2.47 bits per heavy atom. The summed E-state index contributed by atoms with van der Waals surface area (Å²) in [6, 6.07) is 18.8. The highest BCUT2D eigenvalue weighted by Gasteiger charge is 2.13. The lowest BCUT2D eigenvalue weighted by atomic mass is 10.1. The Morgan fingerprint density at radius 1 is 0.944 bits per heavy atom. The molecule has 0 radical (unpaired) electrons. The van der Waals surface area contributed by atoms with E-state index >= 15 is 0 Å². The molecule has 184 valence electrons. The fourth-order valence-corrected chi connectivity index (χ4v) is 3.62. The van der Waals surface area contributed by atoms with Crippen molar-refractivity contribution in [1.29, 1.82) is 0 Å². The van der Waals surface area contributed by atoms with Crippen molar-refractivity contribution in [2.75, 3.05) is 19.0 Å². The molecule has 1 amide bonds. The van der Waals surface area contributed by atoms with Gasteiger partial charge in [0.25, 0.3) is 5.91 Å². The molecule has 3 aromatic carbocycles. The smallest absolute Gasteiger partial charge is 0.338 e. The molecule has 4 rings (SSSR count). The minimum Gasteiger partial charge on any atom is -0.495 e. The second kappa shape index (κ2) is 10.8. The number of carbonyl (C=O) groups is 2. The highest BCUT2D eigenvalue weighted by molar-refractivity contribution is 5.96. The van der Waals surface area contributed by atoms with Crippen molar-refractivity contribution >= 4 is 28.5 Å². The number of rotatable bonds is 8. The summed E-state index contributed by atoms with van der Waals surface area (Å²) in [5, 5.41) is 3.53.